The lowest BCUT2D eigenvalue weighted by Crippen LogP contribution is -2.14. The molecule has 0 heterocycles. The molecule has 0 aliphatic heterocycles. The van der Waals surface area contributed by atoms with Gasteiger partial charge in [-0.05, 0) is 242 Å². The molecule has 0 radical (unpaired) electrons. The molecule has 384 valence electrons. The number of aryl methyl sites for hydroxylation is 12. The van der Waals surface area contributed by atoms with Crippen LogP contribution in [0.25, 0.3) is 66.8 Å². The molecule has 0 spiro atoms. The van der Waals surface area contributed by atoms with E-state index in [1.54, 1.807) is 89.0 Å². The van der Waals surface area contributed by atoms with Gasteiger partial charge in [0.15, 0.2) is 0 Å². The van der Waals surface area contributed by atoms with Crippen molar-refractivity contribution in [3.63, 3.8) is 0 Å². The van der Waals surface area contributed by atoms with Crippen molar-refractivity contribution < 1.29 is 0 Å². The molecule has 0 saturated carbocycles. The van der Waals surface area contributed by atoms with E-state index >= 15 is 0 Å². The van der Waals surface area contributed by atoms with E-state index in [0.29, 0.717) is 0 Å². The van der Waals surface area contributed by atoms with E-state index in [1.165, 1.54) is 147 Å². The predicted molar refractivity (Wildman–Crippen MR) is 320 cm³/mol. The van der Waals surface area contributed by atoms with Gasteiger partial charge in [-0.2, -0.15) is 0 Å². The Morgan fingerprint density at radius 3 is 0.556 bits per heavy atom. The lowest BCUT2D eigenvalue weighted by molar-refractivity contribution is 0.779. The van der Waals surface area contributed by atoms with Crippen LogP contribution >= 0.6 is 0 Å². The largest absolute Gasteiger partial charge is 0.0654 e. The number of hydrogen-bond acceptors (Lipinski definition) is 0. The van der Waals surface area contributed by atoms with Crippen molar-refractivity contribution in [2.75, 3.05) is 0 Å². The van der Waals surface area contributed by atoms with Crippen molar-refractivity contribution >= 4 is 0 Å². The smallest absolute Gasteiger partial charge is 0.000720 e. The Hall–Kier alpha value is -4.68. The van der Waals surface area contributed by atoms with Crippen LogP contribution in [0.4, 0.5) is 0 Å². The highest BCUT2D eigenvalue weighted by Gasteiger charge is 2.39. The van der Waals surface area contributed by atoms with Crippen molar-refractivity contribution in [1.82, 2.24) is 0 Å². The highest BCUT2D eigenvalue weighted by Crippen LogP contribution is 2.65. The van der Waals surface area contributed by atoms with Gasteiger partial charge in [0, 0.05) is 0 Å². The Kier molecular flexibility index (Phi) is 20.3. The highest BCUT2D eigenvalue weighted by molar-refractivity contribution is 6.23. The first-order valence-corrected chi connectivity index (χ1v) is 29.9. The summed E-state index contributed by atoms with van der Waals surface area (Å²) in [6.45, 7) is 28.7. The monoisotopic (exact) mass is 961 g/mol. The zero-order valence-corrected chi connectivity index (χ0v) is 47.9. The van der Waals surface area contributed by atoms with Crippen molar-refractivity contribution in [2.45, 2.75) is 237 Å². The van der Waals surface area contributed by atoms with Crippen LogP contribution in [0.3, 0.4) is 0 Å². The number of rotatable bonds is 28. The van der Waals surface area contributed by atoms with Crippen LogP contribution in [0.15, 0.2) is 72.8 Å². The first kappa shape index (κ1) is 55.1. The van der Waals surface area contributed by atoms with Crippen LogP contribution in [0, 0.1) is 27.7 Å². The average Bonchev–Trinajstić information content (AvgIpc) is 3.36. The molecule has 0 amide bonds. The normalized spacial score (nSPS) is 11.8. The number of benzene rings is 6. The van der Waals surface area contributed by atoms with Gasteiger partial charge in [0.1, 0.15) is 0 Å². The van der Waals surface area contributed by atoms with E-state index in [9.17, 15) is 0 Å². The average molecular weight is 962 g/mol. The molecule has 0 nitrogen and oxygen atoms in total. The minimum atomic E-state index is 1.10. The minimum Gasteiger partial charge on any atom is -0.0654 e. The lowest BCUT2D eigenvalue weighted by atomic mass is 9.64. The standard InChI is InChI=1S/C72H96/c1-13-21-31-53-41-49(9)42-54(32-22-14-2)63(53)69-67-61-39-29-30-40-62(61)68(67)70(64-55(33-23-15-3)43-50(10)44-56(64)34-24-16-4)72(66-59(37-27-19-7)47-52(12)48-60(66)38-28-20-8)71(69)65-57(35-25-17-5)45-51(11)46-58(65)36-26-18-6/h29-30,39-48H,13-28,31-38H2,1-12H3. The van der Waals surface area contributed by atoms with Gasteiger partial charge in [-0.25, -0.2) is 0 Å². The molecule has 72 heavy (non-hydrogen) atoms. The van der Waals surface area contributed by atoms with E-state index in [0.717, 1.165) is 51.4 Å². The first-order chi connectivity index (χ1) is 35.1. The fourth-order valence-corrected chi connectivity index (χ4v) is 12.7. The summed E-state index contributed by atoms with van der Waals surface area (Å²) in [7, 11) is 0. The summed E-state index contributed by atoms with van der Waals surface area (Å²) in [6.07, 6.45) is 27.9. The zero-order chi connectivity index (χ0) is 51.3. The summed E-state index contributed by atoms with van der Waals surface area (Å²) in [6, 6.07) is 30.7. The van der Waals surface area contributed by atoms with Gasteiger partial charge in [0.2, 0.25) is 0 Å². The maximum absolute atomic E-state index is 2.64. The molecule has 0 unspecified atom stereocenters. The zero-order valence-electron chi connectivity index (χ0n) is 47.9. The summed E-state index contributed by atoms with van der Waals surface area (Å²) in [4.78, 5) is 0. The van der Waals surface area contributed by atoms with Gasteiger partial charge >= 0.3 is 0 Å². The molecule has 0 heteroatoms. The Morgan fingerprint density at radius 2 is 0.389 bits per heavy atom. The molecule has 0 N–H and O–H groups in total. The maximum atomic E-state index is 2.64. The van der Waals surface area contributed by atoms with Crippen LogP contribution in [0.5, 0.6) is 0 Å². The highest BCUT2D eigenvalue weighted by atomic mass is 14.4. The minimum absolute atomic E-state index is 1.10. The number of hydrogen-bond donors (Lipinski definition) is 0. The molecular weight excluding hydrogens is 865 g/mol. The molecule has 6 aromatic rings. The van der Waals surface area contributed by atoms with Gasteiger partial charge in [0.05, 0.1) is 0 Å². The number of fused-ring (bicyclic) bond motifs is 4. The Bertz CT molecular complexity index is 2460. The third-order valence-corrected chi connectivity index (χ3v) is 16.1. The summed E-state index contributed by atoms with van der Waals surface area (Å²) in [5.74, 6) is 0. The van der Waals surface area contributed by atoms with Crippen molar-refractivity contribution in [3.8, 4) is 66.8 Å². The van der Waals surface area contributed by atoms with E-state index in [-0.39, 0.29) is 0 Å². The fourth-order valence-electron chi connectivity index (χ4n) is 12.7. The molecule has 0 atom stereocenters. The SMILES string of the molecule is CCCCc1cc(C)cc(CCCC)c1-c1c2c(c(-c3c(CCCC)cc(C)cc3CCCC)c(-c3c(CCCC)cc(C)cc3CCCC)c1-c1c(CCCC)cc(C)cc1CCCC)-c1ccccc1-2. The second-order valence-corrected chi connectivity index (χ2v) is 22.5. The van der Waals surface area contributed by atoms with Crippen molar-refractivity contribution in [1.29, 1.82) is 0 Å². The summed E-state index contributed by atoms with van der Waals surface area (Å²) in [5, 5.41) is 0. The quantitative estimate of drug-likeness (QED) is 0.0459. The third kappa shape index (κ3) is 12.0. The van der Waals surface area contributed by atoms with E-state index in [4.69, 9.17) is 0 Å². The van der Waals surface area contributed by atoms with Gasteiger partial charge in [0.25, 0.3) is 0 Å². The predicted octanol–water partition coefficient (Wildman–Crippen LogP) is 22.0. The molecule has 1 aliphatic carbocycles. The molecule has 1 aliphatic rings. The number of unbranched alkanes of at least 4 members (excludes halogenated alkanes) is 8. The molecule has 7 rings (SSSR count). The molecule has 0 fully saturated rings. The van der Waals surface area contributed by atoms with Crippen LogP contribution in [0.2, 0.25) is 0 Å². The van der Waals surface area contributed by atoms with Crippen molar-refractivity contribution in [2.24, 2.45) is 0 Å². The van der Waals surface area contributed by atoms with Crippen LogP contribution < -0.4 is 0 Å². The summed E-state index contributed by atoms with van der Waals surface area (Å²) >= 11 is 0. The van der Waals surface area contributed by atoms with Crippen LogP contribution in [0.1, 0.15) is 225 Å². The van der Waals surface area contributed by atoms with Gasteiger partial charge in [-0.15, -0.1) is 0 Å². The molecule has 6 aromatic carbocycles. The van der Waals surface area contributed by atoms with Crippen LogP contribution in [-0.2, 0) is 51.4 Å². The lowest BCUT2D eigenvalue weighted by Gasteiger charge is -2.38. The van der Waals surface area contributed by atoms with Gasteiger partial charge in [-0.3, -0.25) is 0 Å². The molecule has 0 bridgehead atoms. The second kappa shape index (κ2) is 26.5. The Balaban J connectivity index is 1.94. The van der Waals surface area contributed by atoms with Gasteiger partial charge < -0.3 is 0 Å². The summed E-state index contributed by atoms with van der Waals surface area (Å²) in [5.41, 5.74) is 36.7. The summed E-state index contributed by atoms with van der Waals surface area (Å²) < 4.78 is 0. The van der Waals surface area contributed by atoms with E-state index in [1.807, 2.05) is 0 Å². The second-order valence-electron chi connectivity index (χ2n) is 22.5. The molecule has 0 aromatic heterocycles. The topological polar surface area (TPSA) is 0 Å². The molecular formula is C72H96. The third-order valence-electron chi connectivity index (χ3n) is 16.1. The Morgan fingerprint density at radius 1 is 0.222 bits per heavy atom. The van der Waals surface area contributed by atoms with Gasteiger partial charge in [-0.1, -0.05) is 202 Å². The van der Waals surface area contributed by atoms with Crippen molar-refractivity contribution in [3.05, 3.63) is 140 Å². The maximum Gasteiger partial charge on any atom is -0.000720 e. The van der Waals surface area contributed by atoms with E-state index in [2.05, 4.69) is 156 Å². The first-order valence-electron chi connectivity index (χ1n) is 29.9. The van der Waals surface area contributed by atoms with E-state index < -0.39 is 0 Å². The Labute approximate surface area is 441 Å². The molecule has 0 saturated heterocycles. The fraction of sp³-hybridized carbons (Fsp3) is 0.500. The van der Waals surface area contributed by atoms with Crippen LogP contribution in [-0.4, -0.2) is 0 Å².